The summed E-state index contributed by atoms with van der Waals surface area (Å²) in [5.41, 5.74) is 0.832. The first-order chi connectivity index (χ1) is 16.6. The van der Waals surface area contributed by atoms with E-state index in [1.165, 1.54) is 13.2 Å². The number of aromatic nitrogens is 5. The zero-order valence-corrected chi connectivity index (χ0v) is 19.9. The molecule has 0 fully saturated rings. The van der Waals surface area contributed by atoms with Crippen LogP contribution < -0.4 is 10.1 Å². The molecule has 3 aromatic heterocycles. The van der Waals surface area contributed by atoms with Crippen molar-refractivity contribution < 1.29 is 22.7 Å². The van der Waals surface area contributed by atoms with E-state index in [4.69, 9.17) is 16.3 Å². The first kappa shape index (κ1) is 24.5. The zero-order chi connectivity index (χ0) is 25.3. The maximum absolute atomic E-state index is 13.8. The van der Waals surface area contributed by atoms with Gasteiger partial charge >= 0.3 is 6.18 Å². The standard InChI is InChI=1S/C23H22ClF3N6O2/c1-13-21(24)14(2)32(30-13)10-4-9-28-22(34)18-12-20-29-17(15-5-7-16(35-3)8-6-15)11-19(23(25,26)27)33(20)31-18/h5-8,11-12H,4,9-10H2,1-3H3,(H,28,34). The molecule has 3 heterocycles. The topological polar surface area (TPSA) is 86.3 Å². The normalized spacial score (nSPS) is 11.7. The van der Waals surface area contributed by atoms with Crippen molar-refractivity contribution in [1.29, 1.82) is 0 Å². The Labute approximate surface area is 203 Å². The fourth-order valence-electron chi connectivity index (χ4n) is 3.61. The van der Waals surface area contributed by atoms with Crippen molar-refractivity contribution in [3.05, 3.63) is 64.2 Å². The molecule has 0 atom stereocenters. The highest BCUT2D eigenvalue weighted by Crippen LogP contribution is 2.32. The molecule has 184 valence electrons. The van der Waals surface area contributed by atoms with Crippen molar-refractivity contribution in [3.8, 4) is 17.0 Å². The number of hydrogen-bond acceptors (Lipinski definition) is 5. The van der Waals surface area contributed by atoms with Gasteiger partial charge in [-0.2, -0.15) is 23.4 Å². The number of hydrogen-bond donors (Lipinski definition) is 1. The molecule has 12 heteroatoms. The highest BCUT2D eigenvalue weighted by atomic mass is 35.5. The number of carbonyl (C=O) groups excluding carboxylic acids is 1. The Morgan fingerprint density at radius 1 is 1.14 bits per heavy atom. The zero-order valence-electron chi connectivity index (χ0n) is 19.1. The molecule has 4 aromatic rings. The van der Waals surface area contributed by atoms with Crippen molar-refractivity contribution in [2.45, 2.75) is 33.0 Å². The minimum atomic E-state index is -4.71. The molecule has 1 amide bonds. The van der Waals surface area contributed by atoms with E-state index in [0.29, 0.717) is 33.8 Å². The molecule has 0 spiro atoms. The number of benzene rings is 1. The van der Waals surface area contributed by atoms with Crippen LogP contribution in [0.2, 0.25) is 5.02 Å². The van der Waals surface area contributed by atoms with E-state index in [1.807, 2.05) is 6.92 Å². The van der Waals surface area contributed by atoms with E-state index in [1.54, 1.807) is 35.9 Å². The molecular weight excluding hydrogens is 485 g/mol. The van der Waals surface area contributed by atoms with Gasteiger partial charge in [0.05, 0.1) is 29.2 Å². The second-order valence-corrected chi connectivity index (χ2v) is 8.25. The lowest BCUT2D eigenvalue weighted by Gasteiger charge is -2.11. The van der Waals surface area contributed by atoms with Crippen molar-refractivity contribution in [1.82, 2.24) is 29.7 Å². The quantitative estimate of drug-likeness (QED) is 0.367. The minimum Gasteiger partial charge on any atom is -0.497 e. The van der Waals surface area contributed by atoms with Crippen LogP contribution in [-0.2, 0) is 12.7 Å². The van der Waals surface area contributed by atoms with E-state index < -0.39 is 17.8 Å². The van der Waals surface area contributed by atoms with Gasteiger partial charge < -0.3 is 10.1 Å². The van der Waals surface area contributed by atoms with Gasteiger partial charge in [-0.05, 0) is 50.6 Å². The minimum absolute atomic E-state index is 0.0897. The van der Waals surface area contributed by atoms with E-state index in [-0.39, 0.29) is 23.6 Å². The van der Waals surface area contributed by atoms with E-state index >= 15 is 0 Å². The summed E-state index contributed by atoms with van der Waals surface area (Å²) < 4.78 is 48.8. The van der Waals surface area contributed by atoms with Crippen molar-refractivity contribution in [2.24, 2.45) is 0 Å². The Morgan fingerprint density at radius 2 is 1.86 bits per heavy atom. The van der Waals surface area contributed by atoms with Gasteiger partial charge in [-0.1, -0.05) is 11.6 Å². The summed E-state index contributed by atoms with van der Waals surface area (Å²) in [6.07, 6.45) is -4.16. The Balaban J connectivity index is 1.54. The first-order valence-corrected chi connectivity index (χ1v) is 11.1. The Kier molecular flexibility index (Phi) is 6.70. The summed E-state index contributed by atoms with van der Waals surface area (Å²) in [5, 5.41) is 11.5. The second kappa shape index (κ2) is 9.57. The maximum atomic E-state index is 13.8. The molecule has 4 rings (SSSR count). The lowest BCUT2D eigenvalue weighted by molar-refractivity contribution is -0.142. The van der Waals surface area contributed by atoms with Crippen LogP contribution in [0, 0.1) is 13.8 Å². The van der Waals surface area contributed by atoms with Crippen molar-refractivity contribution in [2.75, 3.05) is 13.7 Å². The summed E-state index contributed by atoms with van der Waals surface area (Å²) in [6, 6.07) is 8.62. The Hall–Kier alpha value is -3.60. The van der Waals surface area contributed by atoms with Crippen molar-refractivity contribution >= 4 is 23.2 Å². The number of methoxy groups -OCH3 is 1. The van der Waals surface area contributed by atoms with Crippen molar-refractivity contribution in [3.63, 3.8) is 0 Å². The largest absolute Gasteiger partial charge is 0.497 e. The van der Waals surface area contributed by atoms with Crippen LogP contribution >= 0.6 is 11.6 Å². The van der Waals surface area contributed by atoms with Crippen LogP contribution in [0.15, 0.2) is 36.4 Å². The number of rotatable bonds is 7. The molecule has 0 radical (unpaired) electrons. The molecule has 0 unspecified atom stereocenters. The number of halogens is 4. The smallest absolute Gasteiger partial charge is 0.433 e. The van der Waals surface area contributed by atoms with Crippen LogP contribution in [0.4, 0.5) is 13.2 Å². The Bertz CT molecular complexity index is 1380. The number of carbonyl (C=O) groups is 1. The summed E-state index contributed by atoms with van der Waals surface area (Å²) in [7, 11) is 1.49. The number of nitrogens with one attached hydrogen (secondary N) is 1. The molecular formula is C23H22ClF3N6O2. The number of ether oxygens (including phenoxy) is 1. The monoisotopic (exact) mass is 506 g/mol. The third-order valence-corrected chi connectivity index (χ3v) is 6.01. The van der Waals surface area contributed by atoms with Gasteiger partial charge in [0.1, 0.15) is 5.75 Å². The lowest BCUT2D eigenvalue weighted by atomic mass is 10.1. The van der Waals surface area contributed by atoms with Gasteiger partial charge in [0.15, 0.2) is 17.0 Å². The van der Waals surface area contributed by atoms with E-state index in [2.05, 4.69) is 20.5 Å². The predicted octanol–water partition coefficient (Wildman–Crippen LogP) is 4.71. The number of nitrogens with zero attached hydrogens (tertiary/aromatic N) is 5. The molecule has 0 saturated heterocycles. The Morgan fingerprint density at radius 3 is 2.46 bits per heavy atom. The van der Waals surface area contributed by atoms with Gasteiger partial charge in [-0.25, -0.2) is 9.50 Å². The van der Waals surface area contributed by atoms with E-state index in [9.17, 15) is 18.0 Å². The van der Waals surface area contributed by atoms with Gasteiger partial charge in [-0.3, -0.25) is 9.48 Å². The van der Waals surface area contributed by atoms with Crippen LogP contribution in [0.25, 0.3) is 16.9 Å². The SMILES string of the molecule is COc1ccc(-c2cc(C(F)(F)F)n3nc(C(=O)NCCCn4nc(C)c(Cl)c4C)cc3n2)cc1. The summed E-state index contributed by atoms with van der Waals surface area (Å²) in [5.74, 6) is -0.0313. The summed E-state index contributed by atoms with van der Waals surface area (Å²) in [4.78, 5) is 16.9. The average molecular weight is 507 g/mol. The molecule has 1 aromatic carbocycles. The molecule has 0 saturated carbocycles. The summed E-state index contributed by atoms with van der Waals surface area (Å²) >= 11 is 6.13. The van der Waals surface area contributed by atoms with Crippen LogP contribution in [0.3, 0.4) is 0 Å². The highest BCUT2D eigenvalue weighted by molar-refractivity contribution is 6.31. The third kappa shape index (κ3) is 5.09. The molecule has 0 aliphatic rings. The second-order valence-electron chi connectivity index (χ2n) is 7.87. The van der Waals surface area contributed by atoms with E-state index in [0.717, 1.165) is 17.5 Å². The fraction of sp³-hybridized carbons (Fsp3) is 0.304. The van der Waals surface area contributed by atoms with Crippen LogP contribution in [-0.4, -0.2) is 43.9 Å². The third-order valence-electron chi connectivity index (χ3n) is 5.46. The lowest BCUT2D eigenvalue weighted by Crippen LogP contribution is -2.26. The number of fused-ring (bicyclic) bond motifs is 1. The molecule has 0 aliphatic carbocycles. The molecule has 35 heavy (non-hydrogen) atoms. The molecule has 0 aliphatic heterocycles. The van der Waals surface area contributed by atoms with Gasteiger partial charge in [0, 0.05) is 24.7 Å². The molecule has 0 bridgehead atoms. The van der Waals surface area contributed by atoms with Gasteiger partial charge in [0.25, 0.3) is 5.91 Å². The predicted molar refractivity (Wildman–Crippen MR) is 124 cm³/mol. The average Bonchev–Trinajstić information content (AvgIpc) is 3.37. The molecule has 8 nitrogen and oxygen atoms in total. The number of alkyl halides is 3. The highest BCUT2D eigenvalue weighted by Gasteiger charge is 2.35. The summed E-state index contributed by atoms with van der Waals surface area (Å²) in [6.45, 7) is 4.46. The van der Waals surface area contributed by atoms with Crippen LogP contribution in [0.5, 0.6) is 5.75 Å². The number of amides is 1. The van der Waals surface area contributed by atoms with Crippen LogP contribution in [0.1, 0.15) is 34.0 Å². The first-order valence-electron chi connectivity index (χ1n) is 10.7. The fourth-order valence-corrected chi connectivity index (χ4v) is 3.75. The van der Waals surface area contributed by atoms with Gasteiger partial charge in [-0.15, -0.1) is 0 Å². The number of aryl methyl sites for hydroxylation is 2. The molecule has 1 N–H and O–H groups in total. The van der Waals surface area contributed by atoms with Gasteiger partial charge in [0.2, 0.25) is 0 Å². The maximum Gasteiger partial charge on any atom is 0.433 e.